The van der Waals surface area contributed by atoms with Gasteiger partial charge in [-0.3, -0.25) is 4.79 Å². The molecule has 1 aliphatic rings. The van der Waals surface area contributed by atoms with Crippen LogP contribution in [-0.2, 0) is 11.4 Å². The zero-order valence-electron chi connectivity index (χ0n) is 17.8. The maximum absolute atomic E-state index is 15.2. The third-order valence-electron chi connectivity index (χ3n) is 6.13. The van der Waals surface area contributed by atoms with Crippen molar-refractivity contribution in [2.75, 3.05) is 0 Å². The molecule has 2 aromatic carbocycles. The first-order chi connectivity index (χ1) is 14.5. The Bertz CT molecular complexity index is 1010. The Labute approximate surface area is 179 Å². The van der Waals surface area contributed by atoms with Crippen LogP contribution in [0.15, 0.2) is 42.5 Å². The van der Waals surface area contributed by atoms with Crippen molar-refractivity contribution in [1.82, 2.24) is 0 Å². The molecule has 31 heavy (non-hydrogen) atoms. The summed E-state index contributed by atoms with van der Waals surface area (Å²) in [6, 6.07) is 8.52. The van der Waals surface area contributed by atoms with Crippen LogP contribution in [0.3, 0.4) is 0 Å². The Morgan fingerprint density at radius 3 is 2.35 bits per heavy atom. The number of rotatable bonds is 5. The molecule has 0 spiro atoms. The van der Waals surface area contributed by atoms with E-state index in [0.29, 0.717) is 12.0 Å². The van der Waals surface area contributed by atoms with Crippen LogP contribution in [0.1, 0.15) is 50.8 Å². The fraction of sp³-hybridized carbons (Fsp3) is 0.391. The standard InChI is InChI=1S/C23H26F2N2O4/c1-23(2,3)27(22(29)30)19(10-11-20(27)21(26)28)16-9-8-15(12-18(16)25)31-13-14-6-4-5-7-17(14)24/h4-9,12,19-20H,10-11,13H2,1-3H3,(H2-,26,28,29,30)/p+1/t19-,20+,27?/m1/s1. The second-order valence-corrected chi connectivity index (χ2v) is 8.81. The average Bonchev–Trinajstić information content (AvgIpc) is 3.09. The number of hydrogen-bond acceptors (Lipinski definition) is 3. The molecule has 2 aromatic rings. The van der Waals surface area contributed by atoms with Gasteiger partial charge in [0, 0.05) is 30.0 Å². The molecule has 2 amide bonds. The molecule has 0 bridgehead atoms. The van der Waals surface area contributed by atoms with Gasteiger partial charge >= 0.3 is 6.09 Å². The van der Waals surface area contributed by atoms with E-state index in [-0.39, 0.29) is 24.3 Å². The molecule has 1 fully saturated rings. The van der Waals surface area contributed by atoms with Gasteiger partial charge in [-0.15, -0.1) is 0 Å². The molecule has 3 N–H and O–H groups in total. The number of likely N-dealkylation sites (tertiary alicyclic amines) is 1. The number of carbonyl (C=O) groups is 2. The van der Waals surface area contributed by atoms with Gasteiger partial charge in [0.25, 0.3) is 5.91 Å². The number of carbonyl (C=O) groups excluding carboxylic acids is 1. The third kappa shape index (κ3) is 3.87. The van der Waals surface area contributed by atoms with Crippen LogP contribution < -0.4 is 10.5 Å². The van der Waals surface area contributed by atoms with E-state index in [1.807, 2.05) is 0 Å². The number of nitrogens with two attached hydrogens (primary N) is 1. The molecule has 8 heteroatoms. The van der Waals surface area contributed by atoms with Crippen molar-refractivity contribution in [2.24, 2.45) is 5.73 Å². The zero-order valence-corrected chi connectivity index (χ0v) is 17.8. The first kappa shape index (κ1) is 22.7. The fourth-order valence-corrected chi connectivity index (χ4v) is 4.79. The Morgan fingerprint density at radius 2 is 1.81 bits per heavy atom. The van der Waals surface area contributed by atoms with Gasteiger partial charge in [-0.2, -0.15) is 4.79 Å². The van der Waals surface area contributed by atoms with Gasteiger partial charge in [-0.05, 0) is 39.0 Å². The maximum atomic E-state index is 15.2. The third-order valence-corrected chi connectivity index (χ3v) is 6.13. The minimum atomic E-state index is -1.22. The lowest BCUT2D eigenvalue weighted by molar-refractivity contribution is -0.933. The predicted octanol–water partition coefficient (Wildman–Crippen LogP) is 4.53. The first-order valence-corrected chi connectivity index (χ1v) is 10.1. The van der Waals surface area contributed by atoms with Gasteiger partial charge in [0.15, 0.2) is 6.04 Å². The van der Waals surface area contributed by atoms with E-state index in [4.69, 9.17) is 10.5 Å². The molecule has 0 aliphatic carbocycles. The monoisotopic (exact) mass is 433 g/mol. The van der Waals surface area contributed by atoms with Crippen molar-refractivity contribution >= 4 is 12.0 Å². The summed E-state index contributed by atoms with van der Waals surface area (Å²) in [5.74, 6) is -1.59. The molecule has 0 aromatic heterocycles. The zero-order chi connectivity index (χ0) is 23.0. The van der Waals surface area contributed by atoms with Crippen molar-refractivity contribution < 1.29 is 32.7 Å². The molecule has 166 valence electrons. The van der Waals surface area contributed by atoms with Gasteiger partial charge < -0.3 is 15.6 Å². The molecule has 3 rings (SSSR count). The highest BCUT2D eigenvalue weighted by Gasteiger charge is 2.64. The summed E-state index contributed by atoms with van der Waals surface area (Å²) in [5, 5.41) is 10.2. The molecule has 6 nitrogen and oxygen atoms in total. The van der Waals surface area contributed by atoms with Gasteiger partial charge in [0.1, 0.15) is 35.6 Å². The van der Waals surface area contributed by atoms with Crippen LogP contribution in [0.25, 0.3) is 0 Å². The number of hydrogen-bond donors (Lipinski definition) is 2. The maximum Gasteiger partial charge on any atom is 0.515 e. The highest BCUT2D eigenvalue weighted by molar-refractivity contribution is 5.81. The molecule has 1 saturated heterocycles. The number of ether oxygens (including phenoxy) is 1. The van der Waals surface area contributed by atoms with Crippen LogP contribution in [0.5, 0.6) is 5.75 Å². The lowest BCUT2D eigenvalue weighted by Gasteiger charge is -2.47. The molecular formula is C23H27F2N2O4+. The van der Waals surface area contributed by atoms with Crippen molar-refractivity contribution in [2.45, 2.75) is 57.8 Å². The van der Waals surface area contributed by atoms with E-state index in [1.54, 1.807) is 39.0 Å². The molecule has 0 radical (unpaired) electrons. The van der Waals surface area contributed by atoms with E-state index in [1.165, 1.54) is 18.2 Å². The molecule has 3 atom stereocenters. The summed E-state index contributed by atoms with van der Waals surface area (Å²) in [7, 11) is 0. The van der Waals surface area contributed by atoms with Crippen LogP contribution in [0, 0.1) is 11.6 Å². The number of carboxylic acid groups (broad SMARTS) is 1. The number of halogens is 2. The number of primary amides is 1. The molecular weight excluding hydrogens is 406 g/mol. The molecule has 1 unspecified atom stereocenters. The smallest absolute Gasteiger partial charge is 0.489 e. The minimum Gasteiger partial charge on any atom is -0.489 e. The summed E-state index contributed by atoms with van der Waals surface area (Å²) < 4.78 is 33.8. The summed E-state index contributed by atoms with van der Waals surface area (Å²) in [6.45, 7) is 5.05. The number of nitrogens with zero attached hydrogens (tertiary/aromatic N) is 1. The van der Waals surface area contributed by atoms with Crippen molar-refractivity contribution in [3.63, 3.8) is 0 Å². The van der Waals surface area contributed by atoms with Crippen LogP contribution >= 0.6 is 0 Å². The number of quaternary nitrogens is 1. The Kier molecular flexibility index (Phi) is 6.04. The first-order valence-electron chi connectivity index (χ1n) is 10.1. The predicted molar refractivity (Wildman–Crippen MR) is 110 cm³/mol. The van der Waals surface area contributed by atoms with E-state index >= 15 is 4.39 Å². The lowest BCUT2D eigenvalue weighted by Crippen LogP contribution is -2.69. The van der Waals surface area contributed by atoms with Crippen molar-refractivity contribution in [3.8, 4) is 5.75 Å². The Hall–Kier alpha value is -3.00. The molecule has 0 saturated carbocycles. The van der Waals surface area contributed by atoms with Crippen LogP contribution in [0.2, 0.25) is 0 Å². The van der Waals surface area contributed by atoms with Gasteiger partial charge in [0.2, 0.25) is 0 Å². The fourth-order valence-electron chi connectivity index (χ4n) is 4.79. The normalized spacial score (nSPS) is 23.5. The van der Waals surface area contributed by atoms with E-state index < -0.39 is 45.7 Å². The number of amides is 2. The topological polar surface area (TPSA) is 89.6 Å². The SMILES string of the molecule is CC(C)(C)[N+]1(C(=O)O)[C@@H](c2ccc(OCc3ccccc3F)cc2F)CC[C@H]1C(N)=O. The number of benzene rings is 2. The Balaban J connectivity index is 1.95. The second kappa shape index (κ2) is 8.26. The highest BCUT2D eigenvalue weighted by Crippen LogP contribution is 2.50. The summed E-state index contributed by atoms with van der Waals surface area (Å²) in [6.07, 6.45) is -0.684. The largest absolute Gasteiger partial charge is 0.515 e. The van der Waals surface area contributed by atoms with Crippen LogP contribution in [0.4, 0.5) is 13.6 Å². The highest BCUT2D eigenvalue weighted by atomic mass is 19.1. The van der Waals surface area contributed by atoms with Crippen LogP contribution in [-0.4, -0.2) is 33.2 Å². The lowest BCUT2D eigenvalue weighted by atomic mass is 9.93. The van der Waals surface area contributed by atoms with Gasteiger partial charge in [-0.25, -0.2) is 13.3 Å². The second-order valence-electron chi connectivity index (χ2n) is 8.81. The summed E-state index contributed by atoms with van der Waals surface area (Å²) >= 11 is 0. The Morgan fingerprint density at radius 1 is 1.13 bits per heavy atom. The molecule has 1 aliphatic heterocycles. The van der Waals surface area contributed by atoms with E-state index in [0.717, 1.165) is 6.07 Å². The van der Waals surface area contributed by atoms with Gasteiger partial charge in [0.05, 0.1) is 0 Å². The van der Waals surface area contributed by atoms with Gasteiger partial charge in [-0.1, -0.05) is 18.2 Å². The summed E-state index contributed by atoms with van der Waals surface area (Å²) in [4.78, 5) is 24.7. The average molecular weight is 433 g/mol. The minimum absolute atomic E-state index is 0.0737. The quantitative estimate of drug-likeness (QED) is 0.678. The van der Waals surface area contributed by atoms with Crippen molar-refractivity contribution in [1.29, 1.82) is 0 Å². The summed E-state index contributed by atoms with van der Waals surface area (Å²) in [5.41, 5.74) is 5.15. The van der Waals surface area contributed by atoms with E-state index in [2.05, 4.69) is 0 Å². The van der Waals surface area contributed by atoms with Crippen molar-refractivity contribution in [3.05, 3.63) is 65.2 Å². The molecule has 1 heterocycles. The van der Waals surface area contributed by atoms with E-state index in [9.17, 15) is 19.1 Å².